The van der Waals surface area contributed by atoms with E-state index in [1.54, 1.807) is 19.4 Å². The van der Waals surface area contributed by atoms with E-state index in [-0.39, 0.29) is 5.56 Å². The van der Waals surface area contributed by atoms with E-state index < -0.39 is 11.7 Å². The predicted octanol–water partition coefficient (Wildman–Crippen LogP) is 1.75. The number of halogens is 1. The Morgan fingerprint density at radius 3 is 2.86 bits per heavy atom. The minimum atomic E-state index is -0.809. The van der Waals surface area contributed by atoms with Crippen LogP contribution in [0, 0.1) is 12.7 Å². The Kier molecular flexibility index (Phi) is 5.00. The van der Waals surface area contributed by atoms with Gasteiger partial charge in [-0.1, -0.05) is 6.07 Å². The van der Waals surface area contributed by atoms with Gasteiger partial charge in [0.2, 0.25) is 5.95 Å². The van der Waals surface area contributed by atoms with E-state index >= 15 is 0 Å². The van der Waals surface area contributed by atoms with Gasteiger partial charge >= 0.3 is 0 Å². The van der Waals surface area contributed by atoms with Gasteiger partial charge in [-0.05, 0) is 24.6 Å². The van der Waals surface area contributed by atoms with E-state index in [2.05, 4.69) is 15.3 Å². The molecule has 7 heteroatoms. The molecule has 0 saturated heterocycles. The maximum absolute atomic E-state index is 13.5. The molecule has 0 aliphatic carbocycles. The highest BCUT2D eigenvalue weighted by atomic mass is 19.1. The number of hydrogen-bond donors (Lipinski definition) is 2. The van der Waals surface area contributed by atoms with Crippen molar-refractivity contribution in [3.8, 4) is 11.1 Å². The smallest absolute Gasteiger partial charge is 0.251 e. The fourth-order valence-corrected chi connectivity index (χ4v) is 1.98. The van der Waals surface area contributed by atoms with Gasteiger partial charge in [-0.25, -0.2) is 14.4 Å². The zero-order valence-corrected chi connectivity index (χ0v) is 12.4. The van der Waals surface area contributed by atoms with Crippen LogP contribution in [0.5, 0.6) is 0 Å². The Labute approximate surface area is 127 Å². The van der Waals surface area contributed by atoms with Crippen molar-refractivity contribution >= 4 is 11.9 Å². The monoisotopic (exact) mass is 304 g/mol. The highest BCUT2D eigenvalue weighted by Crippen LogP contribution is 2.24. The number of ether oxygens (including phenoxy) is 1. The summed E-state index contributed by atoms with van der Waals surface area (Å²) < 4.78 is 18.5. The quantitative estimate of drug-likeness (QED) is 0.793. The molecule has 0 unspecified atom stereocenters. The van der Waals surface area contributed by atoms with Crippen molar-refractivity contribution in [2.75, 3.05) is 25.6 Å². The average molecular weight is 304 g/mol. The molecule has 0 bridgehead atoms. The van der Waals surface area contributed by atoms with Gasteiger partial charge in [-0.15, -0.1) is 0 Å². The summed E-state index contributed by atoms with van der Waals surface area (Å²) in [6.45, 7) is 2.95. The number of nitrogens with one attached hydrogen (secondary N) is 1. The number of aryl methyl sites for hydroxylation is 1. The molecule has 2 aromatic rings. The summed E-state index contributed by atoms with van der Waals surface area (Å²) in [5.74, 6) is -0.973. The predicted molar refractivity (Wildman–Crippen MR) is 81.0 cm³/mol. The fraction of sp³-hybridized carbons (Fsp3) is 0.267. The van der Waals surface area contributed by atoms with E-state index in [0.717, 1.165) is 0 Å². The van der Waals surface area contributed by atoms with Gasteiger partial charge in [0.25, 0.3) is 5.91 Å². The molecular weight excluding hydrogens is 287 g/mol. The molecule has 1 aromatic heterocycles. The molecule has 6 nitrogen and oxygen atoms in total. The number of carbonyl (C=O) groups excluding carboxylic acids is 1. The van der Waals surface area contributed by atoms with Crippen LogP contribution in [0.4, 0.5) is 10.3 Å². The number of nitrogens with two attached hydrogens (primary N) is 1. The van der Waals surface area contributed by atoms with E-state index in [1.807, 2.05) is 6.92 Å². The number of rotatable bonds is 6. The lowest BCUT2D eigenvalue weighted by Crippen LogP contribution is -2.13. The number of nitrogens with zero attached hydrogens (tertiary/aromatic N) is 2. The van der Waals surface area contributed by atoms with E-state index in [1.165, 1.54) is 12.1 Å². The van der Waals surface area contributed by atoms with Crippen molar-refractivity contribution in [3.05, 3.63) is 41.5 Å². The summed E-state index contributed by atoms with van der Waals surface area (Å²) in [6.07, 6.45) is 1.62. The van der Waals surface area contributed by atoms with Crippen LogP contribution in [-0.4, -0.2) is 36.1 Å². The first-order valence-electron chi connectivity index (χ1n) is 6.69. The van der Waals surface area contributed by atoms with Gasteiger partial charge in [0, 0.05) is 25.4 Å². The molecule has 22 heavy (non-hydrogen) atoms. The first kappa shape index (κ1) is 15.8. The summed E-state index contributed by atoms with van der Waals surface area (Å²) >= 11 is 0. The fourth-order valence-electron chi connectivity index (χ4n) is 1.98. The van der Waals surface area contributed by atoms with Crippen LogP contribution in [0.2, 0.25) is 0 Å². The Balaban J connectivity index is 2.29. The maximum Gasteiger partial charge on any atom is 0.251 e. The van der Waals surface area contributed by atoms with Crippen LogP contribution in [0.25, 0.3) is 11.1 Å². The molecule has 0 fully saturated rings. The van der Waals surface area contributed by atoms with Gasteiger partial charge in [0.05, 0.1) is 17.9 Å². The lowest BCUT2D eigenvalue weighted by atomic mass is 10.0. The third kappa shape index (κ3) is 3.56. The molecule has 1 aromatic carbocycles. The Hall–Kier alpha value is -2.54. The van der Waals surface area contributed by atoms with Crippen LogP contribution in [0.1, 0.15) is 16.1 Å². The highest BCUT2D eigenvalue weighted by Gasteiger charge is 2.12. The Morgan fingerprint density at radius 2 is 2.23 bits per heavy atom. The molecule has 1 amide bonds. The maximum atomic E-state index is 13.5. The van der Waals surface area contributed by atoms with Gasteiger partial charge in [-0.2, -0.15) is 0 Å². The van der Waals surface area contributed by atoms with E-state index in [4.69, 9.17) is 10.5 Å². The van der Waals surface area contributed by atoms with Gasteiger partial charge < -0.3 is 15.8 Å². The average Bonchev–Trinajstić information content (AvgIpc) is 2.48. The minimum absolute atomic E-state index is 0.154. The van der Waals surface area contributed by atoms with Crippen LogP contribution < -0.4 is 11.1 Å². The lowest BCUT2D eigenvalue weighted by Gasteiger charge is -2.09. The van der Waals surface area contributed by atoms with Crippen LogP contribution in [-0.2, 0) is 4.74 Å². The normalized spacial score (nSPS) is 10.5. The Morgan fingerprint density at radius 1 is 1.45 bits per heavy atom. The number of benzene rings is 1. The van der Waals surface area contributed by atoms with Crippen molar-refractivity contribution in [1.82, 2.24) is 9.97 Å². The number of primary amides is 1. The number of carbonyl (C=O) groups is 1. The topological polar surface area (TPSA) is 90.1 Å². The van der Waals surface area contributed by atoms with Gasteiger partial charge in [0.1, 0.15) is 5.82 Å². The first-order chi connectivity index (χ1) is 10.5. The zero-order valence-electron chi connectivity index (χ0n) is 12.4. The third-order valence-electron chi connectivity index (χ3n) is 3.11. The van der Waals surface area contributed by atoms with Crippen LogP contribution >= 0.6 is 0 Å². The largest absolute Gasteiger partial charge is 0.383 e. The molecular formula is C15H17FN4O2. The summed E-state index contributed by atoms with van der Waals surface area (Å²) in [5, 5.41) is 3.02. The molecule has 2 rings (SSSR count). The van der Waals surface area contributed by atoms with Crippen LogP contribution in [0.15, 0.2) is 24.4 Å². The molecule has 0 saturated carbocycles. The lowest BCUT2D eigenvalue weighted by molar-refractivity contribution is 0.0996. The molecule has 0 atom stereocenters. The molecule has 116 valence electrons. The van der Waals surface area contributed by atoms with E-state index in [9.17, 15) is 9.18 Å². The molecule has 3 N–H and O–H groups in total. The molecule has 0 radical (unpaired) electrons. The highest BCUT2D eigenvalue weighted by molar-refractivity contribution is 5.94. The first-order valence-corrected chi connectivity index (χ1v) is 6.69. The second-order valence-corrected chi connectivity index (χ2v) is 4.67. The summed E-state index contributed by atoms with van der Waals surface area (Å²) in [6, 6.07) is 4.17. The number of anilines is 1. The minimum Gasteiger partial charge on any atom is -0.383 e. The Bertz CT molecular complexity index is 691. The van der Waals surface area contributed by atoms with Gasteiger partial charge in [-0.3, -0.25) is 4.79 Å². The standard InChI is InChI=1S/C15H17FN4O2/c1-9-12(8-19-15(20-9)18-5-6-22-2)10-3-4-13(16)11(7-10)14(17)21/h3-4,7-8H,5-6H2,1-2H3,(H2,17,21)(H,18,19,20). The second kappa shape index (κ2) is 6.95. The number of hydrogen-bond acceptors (Lipinski definition) is 5. The number of amides is 1. The van der Waals surface area contributed by atoms with Crippen molar-refractivity contribution in [2.24, 2.45) is 5.73 Å². The van der Waals surface area contributed by atoms with Gasteiger partial charge in [0.15, 0.2) is 0 Å². The van der Waals surface area contributed by atoms with Crippen LogP contribution in [0.3, 0.4) is 0 Å². The SMILES string of the molecule is COCCNc1ncc(-c2ccc(F)c(C(N)=O)c2)c(C)n1. The van der Waals surface area contributed by atoms with E-state index in [0.29, 0.717) is 35.9 Å². The zero-order chi connectivity index (χ0) is 16.1. The summed E-state index contributed by atoms with van der Waals surface area (Å²) in [7, 11) is 1.61. The van der Waals surface area contributed by atoms with Crippen molar-refractivity contribution in [2.45, 2.75) is 6.92 Å². The number of aromatic nitrogens is 2. The molecule has 0 spiro atoms. The van der Waals surface area contributed by atoms with Crippen molar-refractivity contribution in [1.29, 1.82) is 0 Å². The molecule has 0 aliphatic heterocycles. The van der Waals surface area contributed by atoms with Crippen molar-refractivity contribution in [3.63, 3.8) is 0 Å². The third-order valence-corrected chi connectivity index (χ3v) is 3.11. The summed E-state index contributed by atoms with van der Waals surface area (Å²) in [4.78, 5) is 19.7. The second-order valence-electron chi connectivity index (χ2n) is 4.67. The van der Waals surface area contributed by atoms with Crippen molar-refractivity contribution < 1.29 is 13.9 Å². The molecule has 0 aliphatic rings. The molecule has 1 heterocycles. The summed E-state index contributed by atoms with van der Waals surface area (Å²) in [5.41, 5.74) is 7.06. The number of methoxy groups -OCH3 is 1.